The second-order valence-corrected chi connectivity index (χ2v) is 7.84. The number of hydrogen-bond acceptors (Lipinski definition) is 4. The number of amides is 4. The van der Waals surface area contributed by atoms with Gasteiger partial charge in [-0.1, -0.05) is 36.4 Å². The predicted octanol–water partition coefficient (Wildman–Crippen LogP) is 2.37. The van der Waals surface area contributed by atoms with Gasteiger partial charge in [-0.15, -0.1) is 0 Å². The van der Waals surface area contributed by atoms with Crippen LogP contribution in [0.5, 0.6) is 0 Å². The molecular formula is C22H24F2N4O3. The van der Waals surface area contributed by atoms with E-state index < -0.39 is 35.0 Å². The van der Waals surface area contributed by atoms with Gasteiger partial charge < -0.3 is 5.32 Å². The number of hydrogen-bond donors (Lipinski definition) is 2. The summed E-state index contributed by atoms with van der Waals surface area (Å²) in [5, 5.41) is 3.34. The standard InChI is InChI=1S/C22H24F2N4O3/c1-22(11-10-15-6-4-3-5-7-15)20(30)28(21(31)25-22)26-19(29)14-27(2)13-16-8-9-17(23)18(24)12-16/h3-9,12H,10-11,13-14H2,1-2H3,(H,25,31)(H,26,29). The summed E-state index contributed by atoms with van der Waals surface area (Å²) in [6.45, 7) is 1.65. The number of nitrogens with zero attached hydrogens (tertiary/aromatic N) is 2. The van der Waals surface area contributed by atoms with E-state index in [0.29, 0.717) is 23.4 Å². The third kappa shape index (κ3) is 5.43. The molecule has 0 saturated carbocycles. The van der Waals surface area contributed by atoms with Gasteiger partial charge in [0.2, 0.25) is 0 Å². The second-order valence-electron chi connectivity index (χ2n) is 7.84. The molecule has 2 N–H and O–H groups in total. The van der Waals surface area contributed by atoms with Crippen LogP contribution >= 0.6 is 0 Å². The lowest BCUT2D eigenvalue weighted by Gasteiger charge is -2.22. The van der Waals surface area contributed by atoms with E-state index in [1.54, 1.807) is 18.9 Å². The summed E-state index contributed by atoms with van der Waals surface area (Å²) in [5.74, 6) is -3.03. The van der Waals surface area contributed by atoms with Gasteiger partial charge in [-0.05, 0) is 50.1 Å². The van der Waals surface area contributed by atoms with Gasteiger partial charge in [0.05, 0.1) is 6.54 Å². The van der Waals surface area contributed by atoms with Crippen LogP contribution in [0.15, 0.2) is 48.5 Å². The van der Waals surface area contributed by atoms with E-state index in [1.807, 2.05) is 30.3 Å². The molecule has 0 radical (unpaired) electrons. The van der Waals surface area contributed by atoms with Crippen LogP contribution in [-0.4, -0.2) is 46.9 Å². The zero-order valence-corrected chi connectivity index (χ0v) is 17.3. The van der Waals surface area contributed by atoms with Gasteiger partial charge in [0.25, 0.3) is 11.8 Å². The van der Waals surface area contributed by atoms with Crippen LogP contribution in [0, 0.1) is 11.6 Å². The van der Waals surface area contributed by atoms with E-state index in [0.717, 1.165) is 17.7 Å². The van der Waals surface area contributed by atoms with Crippen molar-refractivity contribution in [1.82, 2.24) is 20.7 Å². The Hall–Kier alpha value is -3.33. The highest BCUT2D eigenvalue weighted by Gasteiger charge is 2.48. The maximum absolute atomic E-state index is 13.3. The zero-order valence-electron chi connectivity index (χ0n) is 17.3. The fourth-order valence-corrected chi connectivity index (χ4v) is 3.41. The lowest BCUT2D eigenvalue weighted by atomic mass is 9.93. The predicted molar refractivity (Wildman–Crippen MR) is 109 cm³/mol. The number of rotatable bonds is 8. The minimum Gasteiger partial charge on any atom is -0.322 e. The minimum absolute atomic E-state index is 0.156. The van der Waals surface area contributed by atoms with Crippen molar-refractivity contribution in [3.63, 3.8) is 0 Å². The van der Waals surface area contributed by atoms with Crippen molar-refractivity contribution in [2.75, 3.05) is 13.6 Å². The van der Waals surface area contributed by atoms with Crippen LogP contribution in [0.1, 0.15) is 24.5 Å². The second kappa shape index (κ2) is 9.22. The smallest absolute Gasteiger partial charge is 0.322 e. The molecule has 0 aliphatic carbocycles. The molecular weight excluding hydrogens is 406 g/mol. The SMILES string of the molecule is CN(CC(=O)NN1C(=O)NC(C)(CCc2ccccc2)C1=O)Cc1ccc(F)c(F)c1. The first kappa shape index (κ1) is 22.4. The number of hydrazine groups is 1. The number of imide groups is 1. The van der Waals surface area contributed by atoms with Crippen LogP contribution in [0.4, 0.5) is 13.6 Å². The summed E-state index contributed by atoms with van der Waals surface area (Å²) in [5.41, 5.74) is 2.72. The van der Waals surface area contributed by atoms with Crippen LogP contribution in [0.3, 0.4) is 0 Å². The fraction of sp³-hybridized carbons (Fsp3) is 0.318. The van der Waals surface area contributed by atoms with Crippen molar-refractivity contribution in [3.05, 3.63) is 71.3 Å². The minimum atomic E-state index is -1.13. The topological polar surface area (TPSA) is 81.8 Å². The highest BCUT2D eigenvalue weighted by atomic mass is 19.2. The molecule has 1 aliphatic rings. The molecule has 1 fully saturated rings. The van der Waals surface area contributed by atoms with Crippen molar-refractivity contribution in [3.8, 4) is 0 Å². The Labute approximate surface area is 179 Å². The van der Waals surface area contributed by atoms with Crippen molar-refractivity contribution in [1.29, 1.82) is 0 Å². The molecule has 3 rings (SSSR count). The molecule has 2 aromatic carbocycles. The van der Waals surface area contributed by atoms with Crippen LogP contribution in [0.2, 0.25) is 0 Å². The van der Waals surface area contributed by atoms with Gasteiger partial charge in [-0.2, -0.15) is 5.01 Å². The molecule has 164 valence electrons. The van der Waals surface area contributed by atoms with E-state index in [4.69, 9.17) is 0 Å². The Kier molecular flexibility index (Phi) is 6.65. The van der Waals surface area contributed by atoms with E-state index >= 15 is 0 Å². The first-order valence-electron chi connectivity index (χ1n) is 9.80. The number of benzene rings is 2. The highest BCUT2D eigenvalue weighted by molar-refractivity contribution is 6.07. The third-order valence-corrected chi connectivity index (χ3v) is 5.10. The number of halogens is 2. The Morgan fingerprint density at radius 3 is 2.48 bits per heavy atom. The van der Waals surface area contributed by atoms with Gasteiger partial charge in [-0.25, -0.2) is 13.6 Å². The van der Waals surface area contributed by atoms with Gasteiger partial charge in [-0.3, -0.25) is 19.9 Å². The number of nitrogens with one attached hydrogen (secondary N) is 2. The van der Waals surface area contributed by atoms with E-state index in [1.165, 1.54) is 6.07 Å². The maximum atomic E-state index is 13.3. The first-order valence-corrected chi connectivity index (χ1v) is 9.80. The number of carbonyl (C=O) groups excluding carboxylic acids is 3. The van der Waals surface area contributed by atoms with Crippen LogP contribution in [0.25, 0.3) is 0 Å². The summed E-state index contributed by atoms with van der Waals surface area (Å²) in [4.78, 5) is 39.0. The van der Waals surface area contributed by atoms with Crippen molar-refractivity contribution < 1.29 is 23.2 Å². The van der Waals surface area contributed by atoms with Gasteiger partial charge >= 0.3 is 6.03 Å². The maximum Gasteiger partial charge on any atom is 0.344 e. The van der Waals surface area contributed by atoms with Crippen molar-refractivity contribution in [2.24, 2.45) is 0 Å². The summed E-state index contributed by atoms with van der Waals surface area (Å²) in [6, 6.07) is 12.4. The molecule has 1 unspecified atom stereocenters. The average molecular weight is 430 g/mol. The summed E-state index contributed by atoms with van der Waals surface area (Å²) in [7, 11) is 1.61. The molecule has 1 saturated heterocycles. The van der Waals surface area contributed by atoms with Gasteiger partial charge in [0, 0.05) is 6.54 Å². The Morgan fingerprint density at radius 1 is 1.10 bits per heavy atom. The molecule has 2 aromatic rings. The quantitative estimate of drug-likeness (QED) is 0.630. The summed E-state index contributed by atoms with van der Waals surface area (Å²) >= 11 is 0. The molecule has 1 aliphatic heterocycles. The number of likely N-dealkylation sites (N-methyl/N-ethyl adjacent to an activating group) is 1. The molecule has 9 heteroatoms. The number of aryl methyl sites for hydroxylation is 1. The molecule has 0 spiro atoms. The van der Waals surface area contributed by atoms with E-state index in [2.05, 4.69) is 10.7 Å². The van der Waals surface area contributed by atoms with Crippen LogP contribution in [-0.2, 0) is 22.6 Å². The molecule has 0 bridgehead atoms. The number of urea groups is 1. The highest BCUT2D eigenvalue weighted by Crippen LogP contribution is 2.22. The monoisotopic (exact) mass is 430 g/mol. The lowest BCUT2D eigenvalue weighted by Crippen LogP contribution is -2.51. The fourth-order valence-electron chi connectivity index (χ4n) is 3.41. The lowest BCUT2D eigenvalue weighted by molar-refractivity contribution is -0.139. The van der Waals surface area contributed by atoms with Crippen LogP contribution < -0.4 is 10.7 Å². The third-order valence-electron chi connectivity index (χ3n) is 5.10. The van der Waals surface area contributed by atoms with Crippen molar-refractivity contribution in [2.45, 2.75) is 31.8 Å². The molecule has 7 nitrogen and oxygen atoms in total. The zero-order chi connectivity index (χ0) is 22.6. The van der Waals surface area contributed by atoms with Gasteiger partial charge in [0.1, 0.15) is 5.54 Å². The van der Waals surface area contributed by atoms with Crippen molar-refractivity contribution >= 4 is 17.8 Å². The van der Waals surface area contributed by atoms with E-state index in [9.17, 15) is 23.2 Å². The normalized spacial score (nSPS) is 18.4. The Morgan fingerprint density at radius 2 is 1.81 bits per heavy atom. The number of carbonyl (C=O) groups is 3. The molecule has 31 heavy (non-hydrogen) atoms. The Balaban J connectivity index is 1.54. The summed E-state index contributed by atoms with van der Waals surface area (Å²) in [6.07, 6.45) is 0.964. The molecule has 4 amide bonds. The summed E-state index contributed by atoms with van der Waals surface area (Å²) < 4.78 is 26.4. The largest absolute Gasteiger partial charge is 0.344 e. The Bertz CT molecular complexity index is 986. The first-order chi connectivity index (χ1) is 14.7. The average Bonchev–Trinajstić information content (AvgIpc) is 2.93. The van der Waals surface area contributed by atoms with Gasteiger partial charge in [0.15, 0.2) is 11.6 Å². The molecule has 0 aromatic heterocycles. The molecule has 1 heterocycles. The molecule has 1 atom stereocenters. The van der Waals surface area contributed by atoms with E-state index in [-0.39, 0.29) is 13.1 Å².